The number of anilines is 1. The van der Waals surface area contributed by atoms with Gasteiger partial charge in [-0.2, -0.15) is 5.10 Å². The van der Waals surface area contributed by atoms with Gasteiger partial charge in [-0.1, -0.05) is 31.2 Å². The zero-order valence-corrected chi connectivity index (χ0v) is 10.2. The fourth-order valence-electron chi connectivity index (χ4n) is 1.55. The monoisotopic (exact) mass is 242 g/mol. The van der Waals surface area contributed by atoms with E-state index in [1.807, 2.05) is 12.1 Å². The molecule has 0 aliphatic heterocycles. The zero-order chi connectivity index (χ0) is 12.8. The predicted molar refractivity (Wildman–Crippen MR) is 73.4 cm³/mol. The number of nitrogens with one attached hydrogen (secondary N) is 1. The number of aryl methyl sites for hydroxylation is 1. The van der Waals surface area contributed by atoms with Crippen molar-refractivity contribution < 1.29 is 4.39 Å². The standard InChI is InChI=1S/C15H15FN2/c1-2-12-3-5-13(6-4-12)11-17-18-15-9-7-14(16)8-10-15/h3-11,18H,2H2,1H3/b17-11+. The maximum atomic E-state index is 12.7. The van der Waals surface area contributed by atoms with Crippen LogP contribution in [0.2, 0.25) is 0 Å². The summed E-state index contributed by atoms with van der Waals surface area (Å²) in [6, 6.07) is 14.3. The fraction of sp³-hybridized carbons (Fsp3) is 0.133. The van der Waals surface area contributed by atoms with Crippen molar-refractivity contribution in [1.29, 1.82) is 0 Å². The molecule has 0 saturated heterocycles. The zero-order valence-electron chi connectivity index (χ0n) is 10.2. The summed E-state index contributed by atoms with van der Waals surface area (Å²) in [6.07, 6.45) is 2.77. The van der Waals surface area contributed by atoms with E-state index in [9.17, 15) is 4.39 Å². The highest BCUT2D eigenvalue weighted by atomic mass is 19.1. The molecule has 0 spiro atoms. The highest BCUT2D eigenvalue weighted by Crippen LogP contribution is 2.08. The van der Waals surface area contributed by atoms with Crippen LogP contribution in [0, 0.1) is 5.82 Å². The van der Waals surface area contributed by atoms with E-state index < -0.39 is 0 Å². The number of rotatable bonds is 4. The lowest BCUT2D eigenvalue weighted by Gasteiger charge is -2.00. The van der Waals surface area contributed by atoms with Crippen molar-refractivity contribution in [2.45, 2.75) is 13.3 Å². The molecule has 0 aromatic heterocycles. The van der Waals surface area contributed by atoms with Crippen LogP contribution in [0.3, 0.4) is 0 Å². The van der Waals surface area contributed by atoms with Crippen molar-refractivity contribution in [1.82, 2.24) is 0 Å². The van der Waals surface area contributed by atoms with E-state index in [0.29, 0.717) is 0 Å². The van der Waals surface area contributed by atoms with Crippen LogP contribution in [-0.2, 0) is 6.42 Å². The first kappa shape index (κ1) is 12.3. The van der Waals surface area contributed by atoms with Crippen LogP contribution in [0.15, 0.2) is 53.6 Å². The van der Waals surface area contributed by atoms with Crippen molar-refractivity contribution in [2.75, 3.05) is 5.43 Å². The van der Waals surface area contributed by atoms with Crippen molar-refractivity contribution in [3.63, 3.8) is 0 Å². The summed E-state index contributed by atoms with van der Waals surface area (Å²) in [6.45, 7) is 2.12. The topological polar surface area (TPSA) is 24.4 Å². The SMILES string of the molecule is CCc1ccc(/C=N/Nc2ccc(F)cc2)cc1. The number of halogens is 1. The largest absolute Gasteiger partial charge is 0.279 e. The predicted octanol–water partition coefficient (Wildman–Crippen LogP) is 3.83. The summed E-state index contributed by atoms with van der Waals surface area (Å²) in [4.78, 5) is 0. The molecule has 2 aromatic rings. The Morgan fingerprint density at radius 1 is 1.06 bits per heavy atom. The van der Waals surface area contributed by atoms with Crippen LogP contribution in [0.1, 0.15) is 18.1 Å². The van der Waals surface area contributed by atoms with Gasteiger partial charge in [-0.15, -0.1) is 0 Å². The van der Waals surface area contributed by atoms with Gasteiger partial charge in [0.15, 0.2) is 0 Å². The first-order valence-electron chi connectivity index (χ1n) is 5.91. The highest BCUT2D eigenvalue weighted by Gasteiger charge is 1.91. The molecule has 0 bridgehead atoms. The summed E-state index contributed by atoms with van der Waals surface area (Å²) in [5, 5.41) is 4.10. The van der Waals surface area contributed by atoms with E-state index in [4.69, 9.17) is 0 Å². The van der Waals surface area contributed by atoms with Gasteiger partial charge in [0.25, 0.3) is 0 Å². The number of nitrogens with zero attached hydrogens (tertiary/aromatic N) is 1. The summed E-state index contributed by atoms with van der Waals surface area (Å²) < 4.78 is 12.7. The number of hydrogen-bond acceptors (Lipinski definition) is 2. The van der Waals surface area contributed by atoms with E-state index in [1.165, 1.54) is 17.7 Å². The minimum Gasteiger partial charge on any atom is -0.279 e. The molecule has 0 heterocycles. The Morgan fingerprint density at radius 2 is 1.72 bits per heavy atom. The van der Waals surface area contributed by atoms with E-state index >= 15 is 0 Å². The van der Waals surface area contributed by atoms with Gasteiger partial charge in [0.05, 0.1) is 11.9 Å². The number of hydrazone groups is 1. The summed E-state index contributed by atoms with van der Waals surface area (Å²) in [7, 11) is 0. The minimum atomic E-state index is -0.250. The second-order valence-electron chi connectivity index (χ2n) is 3.97. The van der Waals surface area contributed by atoms with Crippen LogP contribution in [0.5, 0.6) is 0 Å². The summed E-state index contributed by atoms with van der Waals surface area (Å²) in [5.41, 5.74) is 5.95. The lowest BCUT2D eigenvalue weighted by molar-refractivity contribution is 0.628. The normalized spacial score (nSPS) is 10.8. The van der Waals surface area contributed by atoms with Gasteiger partial charge in [-0.3, -0.25) is 5.43 Å². The molecule has 0 radical (unpaired) electrons. The van der Waals surface area contributed by atoms with Gasteiger partial charge in [0.2, 0.25) is 0 Å². The molecule has 0 atom stereocenters. The van der Waals surface area contributed by atoms with Crippen molar-refractivity contribution in [3.8, 4) is 0 Å². The average molecular weight is 242 g/mol. The Bertz CT molecular complexity index is 515. The lowest BCUT2D eigenvalue weighted by Crippen LogP contribution is -1.91. The molecule has 1 N–H and O–H groups in total. The molecule has 18 heavy (non-hydrogen) atoms. The Kier molecular flexibility index (Phi) is 4.07. The fourth-order valence-corrected chi connectivity index (χ4v) is 1.55. The number of hydrogen-bond donors (Lipinski definition) is 1. The molecule has 0 aliphatic carbocycles. The Hall–Kier alpha value is -2.16. The molecule has 0 saturated carbocycles. The number of benzene rings is 2. The molecule has 2 nitrogen and oxygen atoms in total. The van der Waals surface area contributed by atoms with Gasteiger partial charge in [-0.05, 0) is 41.8 Å². The molecule has 3 heteroatoms. The summed E-state index contributed by atoms with van der Waals surface area (Å²) in [5.74, 6) is -0.250. The van der Waals surface area contributed by atoms with E-state index in [2.05, 4.69) is 29.6 Å². The maximum Gasteiger partial charge on any atom is 0.123 e. The Labute approximate surface area is 106 Å². The van der Waals surface area contributed by atoms with Crippen molar-refractivity contribution in [3.05, 3.63) is 65.5 Å². The summed E-state index contributed by atoms with van der Waals surface area (Å²) >= 11 is 0. The molecule has 0 amide bonds. The molecular formula is C15H15FN2. The first-order chi connectivity index (χ1) is 8.78. The van der Waals surface area contributed by atoms with Crippen LogP contribution in [-0.4, -0.2) is 6.21 Å². The molecule has 92 valence electrons. The molecule has 0 unspecified atom stereocenters. The Morgan fingerprint density at radius 3 is 2.33 bits per heavy atom. The highest BCUT2D eigenvalue weighted by molar-refractivity contribution is 5.80. The Balaban J connectivity index is 1.96. The molecule has 2 aromatic carbocycles. The van der Waals surface area contributed by atoms with E-state index in [-0.39, 0.29) is 5.82 Å². The van der Waals surface area contributed by atoms with Crippen LogP contribution < -0.4 is 5.43 Å². The van der Waals surface area contributed by atoms with E-state index in [0.717, 1.165) is 17.7 Å². The third-order valence-electron chi connectivity index (χ3n) is 2.64. The molecule has 0 aliphatic rings. The van der Waals surface area contributed by atoms with Crippen LogP contribution >= 0.6 is 0 Å². The maximum absolute atomic E-state index is 12.7. The van der Waals surface area contributed by atoms with Gasteiger partial charge in [0.1, 0.15) is 5.82 Å². The van der Waals surface area contributed by atoms with Gasteiger partial charge >= 0.3 is 0 Å². The second-order valence-corrected chi connectivity index (χ2v) is 3.97. The van der Waals surface area contributed by atoms with Gasteiger partial charge in [0, 0.05) is 0 Å². The van der Waals surface area contributed by atoms with Crippen LogP contribution in [0.25, 0.3) is 0 Å². The first-order valence-corrected chi connectivity index (χ1v) is 5.91. The minimum absolute atomic E-state index is 0.250. The van der Waals surface area contributed by atoms with Gasteiger partial charge < -0.3 is 0 Å². The third-order valence-corrected chi connectivity index (χ3v) is 2.64. The van der Waals surface area contributed by atoms with Crippen LogP contribution in [0.4, 0.5) is 10.1 Å². The molecular weight excluding hydrogens is 227 g/mol. The average Bonchev–Trinajstić information content (AvgIpc) is 2.42. The quantitative estimate of drug-likeness (QED) is 0.639. The van der Waals surface area contributed by atoms with Crippen molar-refractivity contribution in [2.24, 2.45) is 5.10 Å². The molecule has 2 rings (SSSR count). The van der Waals surface area contributed by atoms with Crippen molar-refractivity contribution >= 4 is 11.9 Å². The second kappa shape index (κ2) is 5.96. The molecule has 0 fully saturated rings. The smallest absolute Gasteiger partial charge is 0.123 e. The van der Waals surface area contributed by atoms with Gasteiger partial charge in [-0.25, -0.2) is 4.39 Å². The lowest BCUT2D eigenvalue weighted by atomic mass is 10.1. The van der Waals surface area contributed by atoms with E-state index in [1.54, 1.807) is 18.3 Å². The third kappa shape index (κ3) is 3.42.